The maximum absolute atomic E-state index is 11.0. The van der Waals surface area contributed by atoms with Crippen LogP contribution in [0.15, 0.2) is 48.5 Å². The predicted molar refractivity (Wildman–Crippen MR) is 101 cm³/mol. The number of hydrogen-bond acceptors (Lipinski definition) is 2. The Bertz CT molecular complexity index is 754. The van der Waals surface area contributed by atoms with Crippen molar-refractivity contribution < 1.29 is 10.2 Å². The number of phenols is 1. The van der Waals surface area contributed by atoms with Gasteiger partial charge in [0.25, 0.3) is 0 Å². The minimum Gasteiger partial charge on any atom is -0.508 e. The number of aryl methyl sites for hydroxylation is 1. The average Bonchev–Trinajstić information content (AvgIpc) is 2.63. The first-order chi connectivity index (χ1) is 12.0. The van der Waals surface area contributed by atoms with Crippen LogP contribution in [-0.4, -0.2) is 15.8 Å². The average molecular weight is 336 g/mol. The van der Waals surface area contributed by atoms with E-state index in [-0.39, 0.29) is 5.41 Å². The zero-order valence-corrected chi connectivity index (χ0v) is 15.0. The molecule has 0 heterocycles. The fraction of sp³-hybridized carbons (Fsp3) is 0.478. The minimum atomic E-state index is -0.501. The third-order valence-electron chi connectivity index (χ3n) is 6.85. The van der Waals surface area contributed by atoms with Gasteiger partial charge >= 0.3 is 0 Å². The third-order valence-corrected chi connectivity index (χ3v) is 6.85. The van der Waals surface area contributed by atoms with Gasteiger partial charge in [-0.2, -0.15) is 0 Å². The summed E-state index contributed by atoms with van der Waals surface area (Å²) in [4.78, 5) is 0. The van der Waals surface area contributed by atoms with Crippen LogP contribution in [0.5, 0.6) is 5.75 Å². The summed E-state index contributed by atoms with van der Waals surface area (Å²) in [7, 11) is 0. The van der Waals surface area contributed by atoms with Gasteiger partial charge in [0.1, 0.15) is 5.75 Å². The predicted octanol–water partition coefficient (Wildman–Crippen LogP) is 4.76. The lowest BCUT2D eigenvalue weighted by atomic mass is 9.52. The molecule has 0 bridgehead atoms. The van der Waals surface area contributed by atoms with E-state index in [1.54, 1.807) is 0 Å². The van der Waals surface area contributed by atoms with Crippen LogP contribution in [0.3, 0.4) is 0 Å². The second-order valence-corrected chi connectivity index (χ2v) is 8.18. The van der Waals surface area contributed by atoms with Crippen LogP contribution >= 0.6 is 0 Å². The van der Waals surface area contributed by atoms with Crippen molar-refractivity contribution in [3.63, 3.8) is 0 Å². The number of fused-ring (bicyclic) bond motifs is 3. The lowest BCUT2D eigenvalue weighted by Gasteiger charge is -2.53. The highest BCUT2D eigenvalue weighted by Gasteiger charge is 2.50. The number of aromatic hydroxyl groups is 1. The molecule has 25 heavy (non-hydrogen) atoms. The molecule has 1 saturated carbocycles. The summed E-state index contributed by atoms with van der Waals surface area (Å²) in [5.41, 5.74) is 3.66. The van der Waals surface area contributed by atoms with Gasteiger partial charge in [-0.25, -0.2) is 0 Å². The van der Waals surface area contributed by atoms with Gasteiger partial charge in [-0.05, 0) is 79.7 Å². The van der Waals surface area contributed by atoms with Crippen molar-refractivity contribution in [2.24, 2.45) is 5.92 Å². The molecule has 0 spiro atoms. The molecule has 2 nitrogen and oxygen atoms in total. The fourth-order valence-corrected chi connectivity index (χ4v) is 5.36. The van der Waals surface area contributed by atoms with Gasteiger partial charge in [-0.1, -0.05) is 43.3 Å². The molecular formula is C23H28O2. The van der Waals surface area contributed by atoms with Crippen molar-refractivity contribution in [3.8, 4) is 5.75 Å². The number of benzene rings is 2. The molecule has 132 valence electrons. The highest BCUT2D eigenvalue weighted by atomic mass is 16.3. The first kappa shape index (κ1) is 16.7. The molecule has 2 aliphatic rings. The van der Waals surface area contributed by atoms with Crippen LogP contribution in [0.25, 0.3) is 0 Å². The molecule has 1 fully saturated rings. The second kappa shape index (κ2) is 6.17. The summed E-state index contributed by atoms with van der Waals surface area (Å²) in [6, 6.07) is 16.7. The maximum Gasteiger partial charge on any atom is 0.115 e. The Morgan fingerprint density at radius 2 is 1.88 bits per heavy atom. The largest absolute Gasteiger partial charge is 0.508 e. The topological polar surface area (TPSA) is 40.5 Å². The van der Waals surface area contributed by atoms with Crippen LogP contribution in [0.4, 0.5) is 0 Å². The summed E-state index contributed by atoms with van der Waals surface area (Å²) in [6.07, 6.45) is 6.76. The Balaban J connectivity index is 1.79. The monoisotopic (exact) mass is 336 g/mol. The van der Waals surface area contributed by atoms with Crippen LogP contribution in [-0.2, 0) is 18.3 Å². The van der Waals surface area contributed by atoms with Crippen molar-refractivity contribution in [2.75, 3.05) is 0 Å². The molecule has 0 radical (unpaired) electrons. The van der Waals surface area contributed by atoms with E-state index in [1.165, 1.54) is 16.7 Å². The van der Waals surface area contributed by atoms with E-state index in [2.05, 4.69) is 43.3 Å². The van der Waals surface area contributed by atoms with Gasteiger partial charge in [0.15, 0.2) is 0 Å². The normalized spacial score (nSPS) is 31.2. The smallest absolute Gasteiger partial charge is 0.115 e. The highest BCUT2D eigenvalue weighted by molar-refractivity contribution is 5.44. The first-order valence-corrected chi connectivity index (χ1v) is 9.63. The van der Waals surface area contributed by atoms with Crippen molar-refractivity contribution >= 4 is 0 Å². The van der Waals surface area contributed by atoms with Gasteiger partial charge in [0.2, 0.25) is 0 Å². The molecule has 2 aliphatic carbocycles. The van der Waals surface area contributed by atoms with E-state index >= 15 is 0 Å². The Morgan fingerprint density at radius 1 is 1.08 bits per heavy atom. The minimum absolute atomic E-state index is 0.0873. The van der Waals surface area contributed by atoms with Crippen LogP contribution < -0.4 is 0 Å². The van der Waals surface area contributed by atoms with E-state index < -0.39 is 5.60 Å². The van der Waals surface area contributed by atoms with E-state index in [4.69, 9.17) is 0 Å². The molecule has 3 atom stereocenters. The van der Waals surface area contributed by atoms with E-state index in [9.17, 15) is 10.2 Å². The molecule has 0 aromatic heterocycles. The molecule has 0 amide bonds. The van der Waals surface area contributed by atoms with Crippen LogP contribution in [0.1, 0.15) is 55.7 Å². The van der Waals surface area contributed by atoms with E-state index in [0.29, 0.717) is 11.7 Å². The molecule has 2 N–H and O–H groups in total. The van der Waals surface area contributed by atoms with E-state index in [1.807, 2.05) is 12.1 Å². The van der Waals surface area contributed by atoms with Gasteiger partial charge < -0.3 is 10.2 Å². The van der Waals surface area contributed by atoms with Crippen molar-refractivity contribution in [2.45, 2.75) is 62.9 Å². The fourth-order valence-electron chi connectivity index (χ4n) is 5.36. The van der Waals surface area contributed by atoms with Crippen molar-refractivity contribution in [3.05, 3.63) is 65.2 Å². The quantitative estimate of drug-likeness (QED) is 0.848. The molecule has 2 aromatic rings. The zero-order chi connectivity index (χ0) is 17.5. The molecule has 2 heteroatoms. The summed E-state index contributed by atoms with van der Waals surface area (Å²) in [6.45, 7) is 2.11. The number of rotatable bonds is 3. The molecule has 4 rings (SSSR count). The van der Waals surface area contributed by atoms with Crippen molar-refractivity contribution in [1.29, 1.82) is 0 Å². The lowest BCUT2D eigenvalue weighted by molar-refractivity contribution is -0.0529. The molecular weight excluding hydrogens is 308 g/mol. The molecule has 0 aliphatic heterocycles. The lowest BCUT2D eigenvalue weighted by Crippen LogP contribution is -2.51. The third kappa shape index (κ3) is 2.87. The van der Waals surface area contributed by atoms with Gasteiger partial charge in [0.05, 0.1) is 5.60 Å². The summed E-state index contributed by atoms with van der Waals surface area (Å²) in [5, 5.41) is 20.9. The maximum atomic E-state index is 11.0. The Hall–Kier alpha value is -1.80. The Labute approximate surface area is 150 Å². The SMILES string of the molecule is CC[C@@]1(O)CC[C@@]2(Cc3ccccc3)c3ccc(O)cc3CC[C@@H]2C1. The van der Waals surface area contributed by atoms with Gasteiger partial charge in [0, 0.05) is 5.41 Å². The highest BCUT2D eigenvalue weighted by Crippen LogP contribution is 2.55. The van der Waals surface area contributed by atoms with E-state index in [0.717, 1.165) is 44.9 Å². The van der Waals surface area contributed by atoms with Crippen LogP contribution in [0.2, 0.25) is 0 Å². The zero-order valence-electron chi connectivity index (χ0n) is 15.0. The standard InChI is InChI=1S/C23H28O2/c1-2-22(25)12-13-23(15-17-6-4-3-5-7-17)19(16-22)9-8-18-14-20(24)10-11-21(18)23/h3-7,10-11,14,19,24-25H,2,8-9,12-13,15-16H2,1H3/t19-,22-,23+/m1/s1. The second-order valence-electron chi connectivity index (χ2n) is 8.18. The number of phenolic OH excluding ortho intramolecular Hbond substituents is 1. The number of hydrogen-bond donors (Lipinski definition) is 2. The Kier molecular flexibility index (Phi) is 4.11. The molecule has 2 aromatic carbocycles. The first-order valence-electron chi connectivity index (χ1n) is 9.63. The summed E-state index contributed by atoms with van der Waals surface area (Å²) in [5.74, 6) is 0.872. The Morgan fingerprint density at radius 3 is 2.64 bits per heavy atom. The van der Waals surface area contributed by atoms with Crippen molar-refractivity contribution in [1.82, 2.24) is 0 Å². The van der Waals surface area contributed by atoms with Crippen LogP contribution in [0, 0.1) is 5.92 Å². The summed E-state index contributed by atoms with van der Waals surface area (Å²) < 4.78 is 0. The van der Waals surface area contributed by atoms with Gasteiger partial charge in [-0.3, -0.25) is 0 Å². The summed E-state index contributed by atoms with van der Waals surface area (Å²) >= 11 is 0. The number of aliphatic hydroxyl groups is 1. The molecule has 0 saturated heterocycles. The molecule has 0 unspecified atom stereocenters. The van der Waals surface area contributed by atoms with Gasteiger partial charge in [-0.15, -0.1) is 0 Å².